The highest BCUT2D eigenvalue weighted by molar-refractivity contribution is 7.21. The van der Waals surface area contributed by atoms with Crippen molar-refractivity contribution in [2.45, 2.75) is 26.2 Å². The molecule has 0 saturated heterocycles. The lowest BCUT2D eigenvalue weighted by atomic mass is 10.2. The van der Waals surface area contributed by atoms with Gasteiger partial charge in [-0.3, -0.25) is 4.79 Å². The minimum absolute atomic E-state index is 0.172. The highest BCUT2D eigenvalue weighted by Gasteiger charge is 2.19. The molecule has 2 rings (SSSR count). The van der Waals surface area contributed by atoms with Crippen LogP contribution in [0.2, 0.25) is 5.02 Å². The molecular weight excluding hydrogens is 341 g/mol. The second-order valence-electron chi connectivity index (χ2n) is 5.02. The van der Waals surface area contributed by atoms with E-state index in [0.29, 0.717) is 16.6 Å². The van der Waals surface area contributed by atoms with Crippen molar-refractivity contribution in [3.63, 3.8) is 0 Å². The van der Waals surface area contributed by atoms with E-state index in [4.69, 9.17) is 16.3 Å². The second kappa shape index (κ2) is 8.26. The zero-order valence-electron chi connectivity index (χ0n) is 12.7. The van der Waals surface area contributed by atoms with Gasteiger partial charge >= 0.3 is 5.97 Å². The van der Waals surface area contributed by atoms with Crippen LogP contribution in [0.4, 0.5) is 4.39 Å². The molecule has 0 aliphatic rings. The van der Waals surface area contributed by atoms with Gasteiger partial charge in [-0.1, -0.05) is 31.4 Å². The molecule has 23 heavy (non-hydrogen) atoms. The molecule has 1 amide bonds. The molecule has 0 unspecified atom stereocenters. The maximum Gasteiger partial charge on any atom is 0.350 e. The van der Waals surface area contributed by atoms with Gasteiger partial charge < -0.3 is 10.1 Å². The van der Waals surface area contributed by atoms with Crippen molar-refractivity contribution in [3.8, 4) is 0 Å². The summed E-state index contributed by atoms with van der Waals surface area (Å²) < 4.78 is 18.7. The number of carbonyl (C=O) groups excluding carboxylic acids is 2. The van der Waals surface area contributed by atoms with Gasteiger partial charge in [0.25, 0.3) is 5.91 Å². The van der Waals surface area contributed by atoms with E-state index in [-0.39, 0.29) is 22.4 Å². The number of benzene rings is 1. The number of carbonyl (C=O) groups is 2. The van der Waals surface area contributed by atoms with Crippen molar-refractivity contribution in [3.05, 3.63) is 33.9 Å². The van der Waals surface area contributed by atoms with Crippen LogP contribution >= 0.6 is 22.9 Å². The van der Waals surface area contributed by atoms with E-state index in [1.165, 1.54) is 18.2 Å². The molecule has 1 aromatic carbocycles. The van der Waals surface area contributed by atoms with Crippen molar-refractivity contribution in [1.82, 2.24) is 5.32 Å². The third-order valence-corrected chi connectivity index (χ3v) is 4.85. The molecule has 0 saturated carbocycles. The number of thiophene rings is 1. The number of nitrogens with one attached hydrogen (secondary N) is 1. The fourth-order valence-corrected chi connectivity index (χ4v) is 3.45. The number of unbranched alkanes of at least 4 members (excludes halogenated alkanes) is 2. The largest absolute Gasteiger partial charge is 0.451 e. The predicted molar refractivity (Wildman–Crippen MR) is 89.6 cm³/mol. The van der Waals surface area contributed by atoms with Crippen LogP contribution in [0.3, 0.4) is 0 Å². The summed E-state index contributed by atoms with van der Waals surface area (Å²) in [6, 6.07) is 4.10. The van der Waals surface area contributed by atoms with Gasteiger partial charge in [-0.2, -0.15) is 0 Å². The smallest absolute Gasteiger partial charge is 0.350 e. The van der Waals surface area contributed by atoms with E-state index >= 15 is 0 Å². The van der Waals surface area contributed by atoms with Crippen molar-refractivity contribution >= 4 is 44.9 Å². The van der Waals surface area contributed by atoms with E-state index in [2.05, 4.69) is 12.2 Å². The molecule has 1 N–H and O–H groups in total. The third kappa shape index (κ3) is 4.65. The Labute approximate surface area is 142 Å². The first-order chi connectivity index (χ1) is 11.0. The number of ether oxygens (including phenoxy) is 1. The van der Waals surface area contributed by atoms with Crippen LogP contribution in [0.15, 0.2) is 18.2 Å². The normalized spacial score (nSPS) is 10.7. The van der Waals surface area contributed by atoms with E-state index < -0.39 is 11.8 Å². The summed E-state index contributed by atoms with van der Waals surface area (Å²) >= 11 is 7.17. The number of rotatable bonds is 7. The SMILES string of the molecule is CCCCCNC(=O)COC(=O)c1sc2cc(F)ccc2c1Cl. The highest BCUT2D eigenvalue weighted by Crippen LogP contribution is 2.36. The molecule has 1 aromatic heterocycles. The Morgan fingerprint density at radius 2 is 2.13 bits per heavy atom. The molecule has 0 aliphatic carbocycles. The fourth-order valence-electron chi connectivity index (χ4n) is 2.02. The zero-order chi connectivity index (χ0) is 16.8. The Bertz CT molecular complexity index is 717. The molecule has 2 aromatic rings. The van der Waals surface area contributed by atoms with E-state index in [9.17, 15) is 14.0 Å². The summed E-state index contributed by atoms with van der Waals surface area (Å²) in [6.07, 6.45) is 2.99. The average molecular weight is 358 g/mol. The molecule has 0 fully saturated rings. The van der Waals surface area contributed by atoms with Crippen LogP contribution in [0.25, 0.3) is 10.1 Å². The van der Waals surface area contributed by atoms with Gasteiger partial charge in [-0.05, 0) is 24.6 Å². The Kier molecular flexibility index (Phi) is 6.36. The molecule has 0 aliphatic heterocycles. The van der Waals surface area contributed by atoms with Gasteiger partial charge in [0, 0.05) is 16.6 Å². The fraction of sp³-hybridized carbons (Fsp3) is 0.375. The molecule has 0 bridgehead atoms. The average Bonchev–Trinajstić information content (AvgIpc) is 2.85. The van der Waals surface area contributed by atoms with Crippen molar-refractivity contribution in [1.29, 1.82) is 0 Å². The van der Waals surface area contributed by atoms with Crippen LogP contribution in [0.1, 0.15) is 35.9 Å². The standard InChI is InChI=1S/C16H17ClFNO3S/c1-2-3-4-7-19-13(20)9-22-16(21)15-14(17)11-6-5-10(18)8-12(11)23-15/h5-6,8H,2-4,7,9H2,1H3,(H,19,20). The molecule has 7 heteroatoms. The molecule has 0 spiro atoms. The molecule has 4 nitrogen and oxygen atoms in total. The van der Waals surface area contributed by atoms with Crippen LogP contribution < -0.4 is 5.32 Å². The molecule has 1 heterocycles. The van der Waals surface area contributed by atoms with Crippen molar-refractivity contribution < 1.29 is 18.7 Å². The minimum atomic E-state index is -0.680. The van der Waals surface area contributed by atoms with Crippen LogP contribution in [-0.4, -0.2) is 25.0 Å². The Balaban J connectivity index is 1.93. The summed E-state index contributed by atoms with van der Waals surface area (Å²) in [6.45, 7) is 2.28. The summed E-state index contributed by atoms with van der Waals surface area (Å²) in [5, 5.41) is 3.49. The van der Waals surface area contributed by atoms with Gasteiger partial charge in [-0.15, -0.1) is 11.3 Å². The maximum absolute atomic E-state index is 13.2. The van der Waals surface area contributed by atoms with Gasteiger partial charge in [-0.25, -0.2) is 9.18 Å². The van der Waals surface area contributed by atoms with Crippen molar-refractivity contribution in [2.24, 2.45) is 0 Å². The summed E-state index contributed by atoms with van der Waals surface area (Å²) in [5.74, 6) is -1.43. The number of fused-ring (bicyclic) bond motifs is 1. The predicted octanol–water partition coefficient (Wildman–Crippen LogP) is 4.16. The van der Waals surface area contributed by atoms with Crippen LogP contribution in [-0.2, 0) is 9.53 Å². The first-order valence-electron chi connectivity index (χ1n) is 7.34. The van der Waals surface area contributed by atoms with Crippen LogP contribution in [0.5, 0.6) is 0 Å². The first kappa shape index (κ1) is 17.7. The lowest BCUT2D eigenvalue weighted by Gasteiger charge is -2.05. The number of hydrogen-bond donors (Lipinski definition) is 1. The topological polar surface area (TPSA) is 55.4 Å². The lowest BCUT2D eigenvalue weighted by Crippen LogP contribution is -2.29. The zero-order valence-corrected chi connectivity index (χ0v) is 14.2. The maximum atomic E-state index is 13.2. The number of amides is 1. The van der Waals surface area contributed by atoms with Crippen LogP contribution in [0, 0.1) is 5.82 Å². The minimum Gasteiger partial charge on any atom is -0.451 e. The van der Waals surface area contributed by atoms with Gasteiger partial charge in [0.05, 0.1) is 5.02 Å². The molecule has 0 radical (unpaired) electrons. The highest BCUT2D eigenvalue weighted by atomic mass is 35.5. The number of hydrogen-bond acceptors (Lipinski definition) is 4. The number of halogens is 2. The van der Waals surface area contributed by atoms with Gasteiger partial charge in [0.2, 0.25) is 0 Å². The van der Waals surface area contributed by atoms with E-state index in [1.807, 2.05) is 0 Å². The summed E-state index contributed by atoms with van der Waals surface area (Å²) in [7, 11) is 0. The number of esters is 1. The first-order valence-corrected chi connectivity index (χ1v) is 8.53. The summed E-state index contributed by atoms with van der Waals surface area (Å²) in [5.41, 5.74) is 0. The lowest BCUT2D eigenvalue weighted by molar-refractivity contribution is -0.124. The van der Waals surface area contributed by atoms with Gasteiger partial charge in [0.15, 0.2) is 6.61 Å². The Morgan fingerprint density at radius 3 is 2.87 bits per heavy atom. The molecule has 124 valence electrons. The molecular formula is C16H17ClFNO3S. The Morgan fingerprint density at radius 1 is 1.35 bits per heavy atom. The quantitative estimate of drug-likeness (QED) is 0.598. The van der Waals surface area contributed by atoms with E-state index in [0.717, 1.165) is 30.6 Å². The Hall–Kier alpha value is -1.66. The summed E-state index contributed by atoms with van der Waals surface area (Å²) in [4.78, 5) is 23.8. The van der Waals surface area contributed by atoms with E-state index in [1.54, 1.807) is 0 Å². The molecule has 0 atom stereocenters. The second-order valence-corrected chi connectivity index (χ2v) is 6.45. The monoisotopic (exact) mass is 357 g/mol. The van der Waals surface area contributed by atoms with Crippen molar-refractivity contribution in [2.75, 3.05) is 13.2 Å². The van der Waals surface area contributed by atoms with Gasteiger partial charge in [0.1, 0.15) is 10.7 Å². The third-order valence-electron chi connectivity index (χ3n) is 3.21.